The maximum Gasteiger partial charge on any atom is 0.410 e. The van der Waals surface area contributed by atoms with Crippen molar-refractivity contribution in [2.75, 3.05) is 26.8 Å². The number of hydrogen-bond acceptors (Lipinski definition) is 8. The Morgan fingerprint density at radius 1 is 1.31 bits per heavy atom. The molecule has 4 rings (SSSR count). The molecule has 0 radical (unpaired) electrons. The first-order chi connectivity index (χ1) is 15.2. The largest absolute Gasteiger partial charge is 0.444 e. The van der Waals surface area contributed by atoms with Crippen LogP contribution >= 0.6 is 0 Å². The molecule has 0 aliphatic carbocycles. The van der Waals surface area contributed by atoms with Gasteiger partial charge in [-0.15, -0.1) is 0 Å². The minimum atomic E-state index is -0.531. The van der Waals surface area contributed by atoms with Gasteiger partial charge >= 0.3 is 6.09 Å². The minimum Gasteiger partial charge on any atom is -0.444 e. The number of aromatic amines is 1. The summed E-state index contributed by atoms with van der Waals surface area (Å²) in [7, 11) is 1.61. The molecule has 1 saturated heterocycles. The second-order valence-corrected chi connectivity index (χ2v) is 8.88. The average molecular weight is 444 g/mol. The molecule has 1 fully saturated rings. The topological polar surface area (TPSA) is 128 Å². The summed E-state index contributed by atoms with van der Waals surface area (Å²) in [5.41, 5.74) is 1.09. The summed E-state index contributed by atoms with van der Waals surface area (Å²) in [6.07, 6.45) is 3.23. The van der Waals surface area contributed by atoms with Crippen LogP contribution in [0.3, 0.4) is 0 Å². The predicted octanol–water partition coefficient (Wildman–Crippen LogP) is 2.38. The van der Waals surface area contributed by atoms with Gasteiger partial charge in [0.15, 0.2) is 5.82 Å². The number of rotatable bonds is 5. The van der Waals surface area contributed by atoms with Crippen molar-refractivity contribution in [2.45, 2.75) is 51.6 Å². The Balaban J connectivity index is 1.55. The molecule has 3 aromatic rings. The van der Waals surface area contributed by atoms with E-state index in [-0.39, 0.29) is 17.6 Å². The van der Waals surface area contributed by atoms with Crippen LogP contribution in [0.15, 0.2) is 21.6 Å². The van der Waals surface area contributed by atoms with Gasteiger partial charge in [-0.05, 0) is 33.6 Å². The number of amides is 1. The number of piperidine rings is 1. The van der Waals surface area contributed by atoms with E-state index in [1.807, 2.05) is 20.8 Å². The molecule has 11 heteroatoms. The van der Waals surface area contributed by atoms with E-state index in [1.54, 1.807) is 28.8 Å². The smallest absolute Gasteiger partial charge is 0.410 e. The minimum absolute atomic E-state index is 0.0752. The highest BCUT2D eigenvalue weighted by Gasteiger charge is 2.29. The normalized spacial score (nSPS) is 15.4. The zero-order chi connectivity index (χ0) is 22.9. The lowest BCUT2D eigenvalue weighted by molar-refractivity contribution is 0.0203. The van der Waals surface area contributed by atoms with Crippen LogP contribution in [0.1, 0.15) is 51.0 Å². The summed E-state index contributed by atoms with van der Waals surface area (Å²) in [5.74, 6) is 0.888. The van der Waals surface area contributed by atoms with Crippen LogP contribution in [0.4, 0.5) is 4.79 Å². The quantitative estimate of drug-likeness (QED) is 0.635. The third kappa shape index (κ3) is 4.67. The van der Waals surface area contributed by atoms with Gasteiger partial charge in [0.2, 0.25) is 0 Å². The van der Waals surface area contributed by atoms with Gasteiger partial charge in [-0.25, -0.2) is 9.31 Å². The van der Waals surface area contributed by atoms with Gasteiger partial charge in [0.1, 0.15) is 16.8 Å². The van der Waals surface area contributed by atoms with Crippen molar-refractivity contribution in [3.63, 3.8) is 0 Å². The van der Waals surface area contributed by atoms with Crippen molar-refractivity contribution in [3.05, 3.63) is 34.1 Å². The number of likely N-dealkylation sites (tertiary alicyclic amines) is 1. The lowest BCUT2D eigenvalue weighted by Gasteiger charge is -2.33. The molecule has 1 amide bonds. The fraction of sp³-hybridized carbons (Fsp3) is 0.571. The summed E-state index contributed by atoms with van der Waals surface area (Å²) >= 11 is 0. The van der Waals surface area contributed by atoms with E-state index in [1.165, 1.54) is 0 Å². The maximum atomic E-state index is 12.4. The monoisotopic (exact) mass is 444 g/mol. The summed E-state index contributed by atoms with van der Waals surface area (Å²) in [6.45, 7) is 7.14. The highest BCUT2D eigenvalue weighted by atomic mass is 16.6. The number of carbonyl (C=O) groups is 1. The highest BCUT2D eigenvalue weighted by molar-refractivity contribution is 5.71. The first-order valence-corrected chi connectivity index (χ1v) is 10.7. The SMILES string of the molecule is COCCc1noc(-c2cnn3c(C4CCN(C(=O)OC(C)(C)C)CC4)cc(=O)[nH]c23)n1. The molecule has 11 nitrogen and oxygen atoms in total. The van der Waals surface area contributed by atoms with Crippen molar-refractivity contribution >= 4 is 11.7 Å². The molecular weight excluding hydrogens is 416 g/mol. The van der Waals surface area contributed by atoms with E-state index in [0.29, 0.717) is 61.9 Å². The van der Waals surface area contributed by atoms with E-state index in [0.717, 1.165) is 5.69 Å². The number of nitrogens with zero attached hydrogens (tertiary/aromatic N) is 5. The lowest BCUT2D eigenvalue weighted by atomic mass is 9.93. The van der Waals surface area contributed by atoms with Gasteiger partial charge in [-0.1, -0.05) is 5.16 Å². The van der Waals surface area contributed by atoms with E-state index in [2.05, 4.69) is 20.2 Å². The van der Waals surface area contributed by atoms with E-state index in [4.69, 9.17) is 14.0 Å². The number of methoxy groups -OCH3 is 1. The Morgan fingerprint density at radius 2 is 2.06 bits per heavy atom. The summed E-state index contributed by atoms with van der Waals surface area (Å²) in [6, 6.07) is 1.56. The Hall–Kier alpha value is -3.21. The standard InChI is InChI=1S/C21H28N6O5/c1-21(2,3)31-20(29)26-8-5-13(6-9-26)15-11-17(28)24-18-14(12-22-27(15)18)19-23-16(25-32-19)7-10-30-4/h11-13H,5-10H2,1-4H3,(H,24,28). The first kappa shape index (κ1) is 22.0. The lowest BCUT2D eigenvalue weighted by Crippen LogP contribution is -2.41. The third-order valence-corrected chi connectivity index (χ3v) is 5.33. The van der Waals surface area contributed by atoms with Gasteiger partial charge in [-0.2, -0.15) is 10.1 Å². The van der Waals surface area contributed by atoms with Crippen LogP contribution in [-0.2, 0) is 15.9 Å². The van der Waals surface area contributed by atoms with Gasteiger partial charge in [0.25, 0.3) is 11.4 Å². The van der Waals surface area contributed by atoms with Crippen LogP contribution in [-0.4, -0.2) is 68.1 Å². The second kappa shape index (κ2) is 8.73. The molecule has 0 aromatic carbocycles. The van der Waals surface area contributed by atoms with Crippen molar-refractivity contribution in [1.82, 2.24) is 29.6 Å². The van der Waals surface area contributed by atoms with Crippen LogP contribution in [0.25, 0.3) is 17.1 Å². The van der Waals surface area contributed by atoms with Gasteiger partial charge in [-0.3, -0.25) is 4.79 Å². The van der Waals surface area contributed by atoms with E-state index < -0.39 is 5.60 Å². The van der Waals surface area contributed by atoms with Crippen LogP contribution in [0, 0.1) is 0 Å². The molecule has 4 heterocycles. The second-order valence-electron chi connectivity index (χ2n) is 8.88. The molecule has 0 spiro atoms. The molecule has 1 aliphatic rings. The van der Waals surface area contributed by atoms with Gasteiger partial charge < -0.3 is 23.9 Å². The average Bonchev–Trinajstić information content (AvgIpc) is 3.37. The number of nitrogens with one attached hydrogen (secondary N) is 1. The zero-order valence-electron chi connectivity index (χ0n) is 18.8. The number of fused-ring (bicyclic) bond motifs is 1. The zero-order valence-corrected chi connectivity index (χ0v) is 18.8. The highest BCUT2D eigenvalue weighted by Crippen LogP contribution is 2.30. The third-order valence-electron chi connectivity index (χ3n) is 5.33. The van der Waals surface area contributed by atoms with Crippen LogP contribution < -0.4 is 5.56 Å². The first-order valence-electron chi connectivity index (χ1n) is 10.7. The number of H-pyrrole nitrogens is 1. The van der Waals surface area contributed by atoms with Gasteiger partial charge in [0.05, 0.1) is 18.5 Å². The molecular formula is C21H28N6O5. The van der Waals surface area contributed by atoms with Crippen LogP contribution in [0.2, 0.25) is 0 Å². The molecule has 1 N–H and O–H groups in total. The van der Waals surface area contributed by atoms with Crippen molar-refractivity contribution in [2.24, 2.45) is 0 Å². The van der Waals surface area contributed by atoms with Crippen molar-refractivity contribution in [1.29, 1.82) is 0 Å². The molecule has 0 bridgehead atoms. The molecule has 172 valence electrons. The molecule has 0 unspecified atom stereocenters. The Labute approximate surface area is 184 Å². The Bertz CT molecular complexity index is 1150. The molecule has 0 saturated carbocycles. The molecule has 1 aliphatic heterocycles. The summed E-state index contributed by atoms with van der Waals surface area (Å²) < 4.78 is 17.6. The fourth-order valence-corrected chi connectivity index (χ4v) is 3.80. The number of ether oxygens (including phenoxy) is 2. The predicted molar refractivity (Wildman–Crippen MR) is 114 cm³/mol. The summed E-state index contributed by atoms with van der Waals surface area (Å²) in [5, 5.41) is 8.43. The Morgan fingerprint density at radius 3 is 2.75 bits per heavy atom. The van der Waals surface area contributed by atoms with E-state index >= 15 is 0 Å². The molecule has 0 atom stereocenters. The number of carbonyl (C=O) groups excluding carboxylic acids is 1. The van der Waals surface area contributed by atoms with Crippen molar-refractivity contribution < 1.29 is 18.8 Å². The van der Waals surface area contributed by atoms with Crippen molar-refractivity contribution in [3.8, 4) is 11.5 Å². The maximum absolute atomic E-state index is 12.4. The molecule has 3 aromatic heterocycles. The van der Waals surface area contributed by atoms with Crippen LogP contribution in [0.5, 0.6) is 0 Å². The Kier molecular flexibility index (Phi) is 6.00. The van der Waals surface area contributed by atoms with E-state index in [9.17, 15) is 9.59 Å². The summed E-state index contributed by atoms with van der Waals surface area (Å²) in [4.78, 5) is 33.7. The number of hydrogen-bond donors (Lipinski definition) is 1. The van der Waals surface area contributed by atoms with Gasteiger partial charge in [0, 0.05) is 38.6 Å². The number of aromatic nitrogens is 5. The fourth-order valence-electron chi connectivity index (χ4n) is 3.80. The molecule has 32 heavy (non-hydrogen) atoms.